The Morgan fingerprint density at radius 3 is 2.37 bits per heavy atom. The molecule has 1 aliphatic rings. The Morgan fingerprint density at radius 2 is 1.80 bits per heavy atom. The molecule has 1 atom stereocenters. The van der Waals surface area contributed by atoms with E-state index in [1.54, 1.807) is 34.1 Å². The van der Waals surface area contributed by atoms with Gasteiger partial charge in [-0.2, -0.15) is 5.10 Å². The topological polar surface area (TPSA) is 74.5 Å². The molecule has 1 aliphatic heterocycles. The summed E-state index contributed by atoms with van der Waals surface area (Å²) in [5, 5.41) is 15.6. The Labute approximate surface area is 176 Å². The summed E-state index contributed by atoms with van der Waals surface area (Å²) >= 11 is 0. The Morgan fingerprint density at radius 1 is 1.13 bits per heavy atom. The molecule has 30 heavy (non-hydrogen) atoms. The standard InChI is InChI=1S/C22H30FN5O2/c1-21(2,3)22(30,15-28-17-24-16-25-28)14-26-10-12-27(13-11-26)20(29)9-6-18-4-7-19(23)8-5-18/h4-9,16-17,30H,10-15H2,1-3H3/b9-6+. The Bertz CT molecular complexity index is 853. The molecule has 2 heterocycles. The van der Waals surface area contributed by atoms with E-state index in [-0.39, 0.29) is 17.1 Å². The van der Waals surface area contributed by atoms with Crippen molar-refractivity contribution in [3.8, 4) is 0 Å². The van der Waals surface area contributed by atoms with Crippen molar-refractivity contribution in [3.63, 3.8) is 0 Å². The zero-order valence-corrected chi connectivity index (χ0v) is 17.8. The minimum absolute atomic E-state index is 0.0623. The second kappa shape index (κ2) is 9.06. The van der Waals surface area contributed by atoms with Gasteiger partial charge in [0.15, 0.2) is 0 Å². The van der Waals surface area contributed by atoms with Crippen LogP contribution in [0.1, 0.15) is 26.3 Å². The van der Waals surface area contributed by atoms with Crippen LogP contribution in [-0.4, -0.2) is 73.9 Å². The average molecular weight is 416 g/mol. The smallest absolute Gasteiger partial charge is 0.246 e. The number of nitrogens with zero attached hydrogens (tertiary/aromatic N) is 5. The molecule has 1 saturated heterocycles. The van der Waals surface area contributed by atoms with Gasteiger partial charge in [-0.15, -0.1) is 0 Å². The van der Waals surface area contributed by atoms with Gasteiger partial charge >= 0.3 is 0 Å². The lowest BCUT2D eigenvalue weighted by Gasteiger charge is -2.45. The number of amides is 1. The highest BCUT2D eigenvalue weighted by atomic mass is 19.1. The zero-order valence-electron chi connectivity index (χ0n) is 17.8. The third kappa shape index (κ3) is 5.52. The molecule has 0 spiro atoms. The molecule has 2 aromatic rings. The first-order valence-corrected chi connectivity index (χ1v) is 10.2. The van der Waals surface area contributed by atoms with E-state index >= 15 is 0 Å². The van der Waals surface area contributed by atoms with Gasteiger partial charge in [0.1, 0.15) is 24.1 Å². The van der Waals surface area contributed by atoms with Crippen LogP contribution >= 0.6 is 0 Å². The molecule has 0 radical (unpaired) electrons. The van der Waals surface area contributed by atoms with Gasteiger partial charge in [0.2, 0.25) is 5.91 Å². The second-order valence-corrected chi connectivity index (χ2v) is 8.86. The SMILES string of the molecule is CC(C)(C)C(O)(CN1CCN(C(=O)/C=C/c2ccc(F)cc2)CC1)Cn1cncn1. The quantitative estimate of drug-likeness (QED) is 0.731. The molecule has 1 aromatic carbocycles. The fourth-order valence-electron chi connectivity index (χ4n) is 3.45. The number of β-amino-alcohol motifs (C(OH)–C–C–N with tert-alkyl or cyclic N) is 1. The van der Waals surface area contributed by atoms with Gasteiger partial charge in [-0.3, -0.25) is 14.4 Å². The van der Waals surface area contributed by atoms with Crippen LogP contribution in [0.5, 0.6) is 0 Å². The fourth-order valence-corrected chi connectivity index (χ4v) is 3.45. The molecule has 1 unspecified atom stereocenters. The van der Waals surface area contributed by atoms with Crippen LogP contribution in [0, 0.1) is 11.2 Å². The number of carbonyl (C=O) groups is 1. The van der Waals surface area contributed by atoms with E-state index in [9.17, 15) is 14.3 Å². The summed E-state index contributed by atoms with van der Waals surface area (Å²) in [5.74, 6) is -0.360. The van der Waals surface area contributed by atoms with E-state index in [1.807, 2.05) is 20.8 Å². The average Bonchev–Trinajstić information content (AvgIpc) is 3.20. The van der Waals surface area contributed by atoms with Gasteiger partial charge in [0.25, 0.3) is 0 Å². The normalized spacial score (nSPS) is 18.0. The van der Waals surface area contributed by atoms with Gasteiger partial charge in [-0.05, 0) is 29.2 Å². The first kappa shape index (κ1) is 22.1. The number of carbonyl (C=O) groups excluding carboxylic acids is 1. The molecule has 8 heteroatoms. The zero-order chi connectivity index (χ0) is 21.8. The van der Waals surface area contributed by atoms with Crippen LogP contribution in [0.2, 0.25) is 0 Å². The molecular weight excluding hydrogens is 385 g/mol. The van der Waals surface area contributed by atoms with E-state index in [0.29, 0.717) is 39.3 Å². The van der Waals surface area contributed by atoms with E-state index in [1.165, 1.54) is 24.5 Å². The lowest BCUT2D eigenvalue weighted by Crippen LogP contribution is -2.58. The van der Waals surface area contributed by atoms with Crippen LogP contribution < -0.4 is 0 Å². The van der Waals surface area contributed by atoms with Crippen LogP contribution in [-0.2, 0) is 11.3 Å². The van der Waals surface area contributed by atoms with Crippen molar-refractivity contribution in [3.05, 3.63) is 54.4 Å². The summed E-state index contributed by atoms with van der Waals surface area (Å²) in [5.41, 5.74) is -0.564. The number of aliphatic hydroxyl groups is 1. The first-order valence-electron chi connectivity index (χ1n) is 10.2. The molecule has 1 aromatic heterocycles. The van der Waals surface area contributed by atoms with Crippen LogP contribution in [0.15, 0.2) is 43.0 Å². The molecule has 1 amide bonds. The number of piperazine rings is 1. The molecule has 0 aliphatic carbocycles. The largest absolute Gasteiger partial charge is 0.386 e. The first-order chi connectivity index (χ1) is 14.2. The monoisotopic (exact) mass is 415 g/mol. The predicted octanol–water partition coefficient (Wildman–Crippen LogP) is 2.05. The number of hydrogen-bond donors (Lipinski definition) is 1. The molecule has 0 saturated carbocycles. The van der Waals surface area contributed by atoms with Crippen molar-refractivity contribution >= 4 is 12.0 Å². The van der Waals surface area contributed by atoms with Crippen LogP contribution in [0.3, 0.4) is 0 Å². The Hall–Kier alpha value is -2.58. The van der Waals surface area contributed by atoms with Crippen LogP contribution in [0.25, 0.3) is 6.08 Å². The van der Waals surface area contributed by atoms with E-state index in [0.717, 1.165) is 5.56 Å². The van der Waals surface area contributed by atoms with Gasteiger partial charge in [0.05, 0.1) is 6.54 Å². The fraction of sp³-hybridized carbons (Fsp3) is 0.500. The number of halogens is 1. The second-order valence-electron chi connectivity index (χ2n) is 8.86. The highest BCUT2D eigenvalue weighted by Gasteiger charge is 2.42. The maximum absolute atomic E-state index is 13.0. The van der Waals surface area contributed by atoms with E-state index in [2.05, 4.69) is 15.0 Å². The van der Waals surface area contributed by atoms with Crippen LogP contribution in [0.4, 0.5) is 4.39 Å². The van der Waals surface area contributed by atoms with Crippen molar-refractivity contribution < 1.29 is 14.3 Å². The van der Waals surface area contributed by atoms with Gasteiger partial charge in [-0.1, -0.05) is 32.9 Å². The third-order valence-corrected chi connectivity index (χ3v) is 5.74. The van der Waals surface area contributed by atoms with Crippen molar-refractivity contribution in [2.45, 2.75) is 32.9 Å². The lowest BCUT2D eigenvalue weighted by atomic mass is 9.76. The highest BCUT2D eigenvalue weighted by Crippen LogP contribution is 2.33. The molecule has 162 valence electrons. The molecule has 0 bridgehead atoms. The summed E-state index contributed by atoms with van der Waals surface area (Å²) in [6.45, 7) is 9.46. The van der Waals surface area contributed by atoms with Gasteiger partial charge in [-0.25, -0.2) is 9.37 Å². The number of hydrogen-bond acceptors (Lipinski definition) is 5. The van der Waals surface area contributed by atoms with Crippen molar-refractivity contribution in [2.75, 3.05) is 32.7 Å². The van der Waals surface area contributed by atoms with Gasteiger partial charge < -0.3 is 10.0 Å². The molecule has 1 fully saturated rings. The van der Waals surface area contributed by atoms with E-state index in [4.69, 9.17) is 0 Å². The maximum atomic E-state index is 13.0. The summed E-state index contributed by atoms with van der Waals surface area (Å²) in [7, 11) is 0. The number of benzene rings is 1. The molecular formula is C22H30FN5O2. The maximum Gasteiger partial charge on any atom is 0.246 e. The summed E-state index contributed by atoms with van der Waals surface area (Å²) in [6, 6.07) is 6.02. The lowest BCUT2D eigenvalue weighted by molar-refractivity contribution is -0.129. The van der Waals surface area contributed by atoms with Crippen molar-refractivity contribution in [1.82, 2.24) is 24.6 Å². The summed E-state index contributed by atoms with van der Waals surface area (Å²) in [6.07, 6.45) is 6.30. The minimum Gasteiger partial charge on any atom is -0.386 e. The highest BCUT2D eigenvalue weighted by molar-refractivity contribution is 5.91. The number of rotatable bonds is 6. The molecule has 3 rings (SSSR count). The third-order valence-electron chi connectivity index (χ3n) is 5.74. The van der Waals surface area contributed by atoms with E-state index < -0.39 is 5.60 Å². The Kier molecular flexibility index (Phi) is 6.67. The molecule has 1 N–H and O–H groups in total. The molecule has 7 nitrogen and oxygen atoms in total. The van der Waals surface area contributed by atoms with Crippen molar-refractivity contribution in [1.29, 1.82) is 0 Å². The predicted molar refractivity (Wildman–Crippen MR) is 113 cm³/mol. The summed E-state index contributed by atoms with van der Waals surface area (Å²) < 4.78 is 14.6. The number of aromatic nitrogens is 3. The summed E-state index contributed by atoms with van der Waals surface area (Å²) in [4.78, 5) is 20.4. The Balaban J connectivity index is 1.56. The minimum atomic E-state index is -0.991. The van der Waals surface area contributed by atoms with Crippen molar-refractivity contribution in [2.24, 2.45) is 5.41 Å². The van der Waals surface area contributed by atoms with Gasteiger partial charge in [0, 0.05) is 38.8 Å².